The minimum Gasteiger partial charge on any atom is -0.378 e. The predicted molar refractivity (Wildman–Crippen MR) is 136 cm³/mol. The summed E-state index contributed by atoms with van der Waals surface area (Å²) in [5.41, 5.74) is 7.57. The van der Waals surface area contributed by atoms with Gasteiger partial charge in [0.05, 0.1) is 6.04 Å². The molecular weight excluding hydrogens is 408 g/mol. The normalized spacial score (nSPS) is 16.3. The van der Waals surface area contributed by atoms with Crippen LogP contribution in [0.25, 0.3) is 11.1 Å². The Kier molecular flexibility index (Phi) is 6.16. The second-order valence-electron chi connectivity index (χ2n) is 9.19. The molecule has 2 aliphatic rings. The fourth-order valence-electron chi connectivity index (χ4n) is 5.09. The van der Waals surface area contributed by atoms with Gasteiger partial charge in [0.1, 0.15) is 0 Å². The number of hydrogen-bond acceptors (Lipinski definition) is 4. The van der Waals surface area contributed by atoms with Crippen LogP contribution in [0.4, 0.5) is 11.4 Å². The van der Waals surface area contributed by atoms with Crippen molar-refractivity contribution in [3.63, 3.8) is 0 Å². The summed E-state index contributed by atoms with van der Waals surface area (Å²) in [7, 11) is 4.02. The van der Waals surface area contributed by atoms with Crippen molar-refractivity contribution in [2.45, 2.75) is 12.5 Å². The monoisotopic (exact) mass is 440 g/mol. The fourth-order valence-corrected chi connectivity index (χ4v) is 5.09. The Balaban J connectivity index is 1.15. The van der Waals surface area contributed by atoms with E-state index in [2.05, 4.69) is 63.6 Å². The summed E-state index contributed by atoms with van der Waals surface area (Å²) < 4.78 is 0. The van der Waals surface area contributed by atoms with E-state index >= 15 is 0 Å². The molecule has 5 rings (SSSR count). The third kappa shape index (κ3) is 4.52. The van der Waals surface area contributed by atoms with Crippen LogP contribution in [0.15, 0.2) is 72.8 Å². The van der Waals surface area contributed by atoms with Crippen molar-refractivity contribution in [2.24, 2.45) is 0 Å². The van der Waals surface area contributed by atoms with Crippen LogP contribution >= 0.6 is 0 Å². The molecule has 1 aliphatic heterocycles. The molecule has 1 N–H and O–H groups in total. The van der Waals surface area contributed by atoms with E-state index in [-0.39, 0.29) is 5.91 Å². The average Bonchev–Trinajstić information content (AvgIpc) is 3.18. The van der Waals surface area contributed by atoms with Gasteiger partial charge in [0.2, 0.25) is 5.91 Å². The molecule has 1 saturated heterocycles. The van der Waals surface area contributed by atoms with Gasteiger partial charge in [-0.15, -0.1) is 0 Å². The summed E-state index contributed by atoms with van der Waals surface area (Å²) in [6.07, 6.45) is 0.518. The number of piperazine rings is 1. The highest BCUT2D eigenvalue weighted by molar-refractivity contribution is 5.91. The Morgan fingerprint density at radius 3 is 2.00 bits per heavy atom. The Bertz CT molecular complexity index is 1070. The molecule has 33 heavy (non-hydrogen) atoms. The summed E-state index contributed by atoms with van der Waals surface area (Å²) in [5.74, 6) is 0.0775. The summed E-state index contributed by atoms with van der Waals surface area (Å²) in [6.45, 7) is 4.81. The highest BCUT2D eigenvalue weighted by Gasteiger charge is 2.34. The molecule has 1 amide bonds. The molecule has 5 heteroatoms. The first kappa shape index (κ1) is 21.7. The zero-order valence-electron chi connectivity index (χ0n) is 19.5. The van der Waals surface area contributed by atoms with E-state index in [1.54, 1.807) is 0 Å². The number of anilines is 2. The molecule has 1 heterocycles. The molecule has 1 aliphatic carbocycles. The molecule has 0 radical (unpaired) electrons. The first-order valence-electron chi connectivity index (χ1n) is 11.8. The van der Waals surface area contributed by atoms with Gasteiger partial charge in [-0.1, -0.05) is 48.5 Å². The Labute approximate surface area is 196 Å². The van der Waals surface area contributed by atoms with Crippen molar-refractivity contribution >= 4 is 17.3 Å². The van der Waals surface area contributed by atoms with E-state index < -0.39 is 0 Å². The van der Waals surface area contributed by atoms with Gasteiger partial charge in [0.15, 0.2) is 0 Å². The van der Waals surface area contributed by atoms with Crippen LogP contribution in [0.3, 0.4) is 0 Å². The third-order valence-electron chi connectivity index (χ3n) is 6.90. The second-order valence-corrected chi connectivity index (χ2v) is 9.19. The van der Waals surface area contributed by atoms with Crippen LogP contribution in [-0.4, -0.2) is 62.5 Å². The fraction of sp³-hybridized carbons (Fsp3) is 0.321. The van der Waals surface area contributed by atoms with Crippen molar-refractivity contribution in [2.75, 3.05) is 57.0 Å². The summed E-state index contributed by atoms with van der Waals surface area (Å²) in [5, 5.41) is 3.03. The van der Waals surface area contributed by atoms with Crippen LogP contribution in [0, 0.1) is 0 Å². The van der Waals surface area contributed by atoms with Crippen LogP contribution in [0.1, 0.15) is 23.6 Å². The summed E-state index contributed by atoms with van der Waals surface area (Å²) >= 11 is 0. The highest BCUT2D eigenvalue weighted by Crippen LogP contribution is 2.46. The van der Waals surface area contributed by atoms with E-state index in [9.17, 15) is 4.79 Å². The lowest BCUT2D eigenvalue weighted by Gasteiger charge is -2.38. The number of carbonyl (C=O) groups excluding carboxylic acids is 1. The van der Waals surface area contributed by atoms with Crippen molar-refractivity contribution < 1.29 is 4.79 Å². The topological polar surface area (TPSA) is 38.8 Å². The molecule has 0 saturated carbocycles. The number of nitrogens with one attached hydrogen (secondary N) is 1. The van der Waals surface area contributed by atoms with Crippen molar-refractivity contribution in [1.82, 2.24) is 9.80 Å². The van der Waals surface area contributed by atoms with Gasteiger partial charge in [-0.2, -0.15) is 0 Å². The van der Waals surface area contributed by atoms with Gasteiger partial charge in [-0.25, -0.2) is 0 Å². The number of rotatable bonds is 6. The maximum Gasteiger partial charge on any atom is 0.225 e. The van der Waals surface area contributed by atoms with Gasteiger partial charge in [-0.3, -0.25) is 9.69 Å². The van der Waals surface area contributed by atoms with Gasteiger partial charge in [-0.05, 0) is 46.5 Å². The lowest BCUT2D eigenvalue weighted by molar-refractivity contribution is -0.116. The lowest BCUT2D eigenvalue weighted by Crippen LogP contribution is -2.48. The summed E-state index contributed by atoms with van der Waals surface area (Å²) in [6, 6.07) is 25.9. The number of hydrogen-bond donors (Lipinski definition) is 1. The minimum absolute atomic E-state index is 0.0775. The van der Waals surface area contributed by atoms with E-state index in [0.29, 0.717) is 12.5 Å². The predicted octanol–water partition coefficient (Wildman–Crippen LogP) is 4.47. The molecule has 5 nitrogen and oxygen atoms in total. The van der Waals surface area contributed by atoms with Crippen LogP contribution in [-0.2, 0) is 4.79 Å². The molecule has 0 unspecified atom stereocenters. The molecule has 0 bridgehead atoms. The third-order valence-corrected chi connectivity index (χ3v) is 6.90. The zero-order valence-corrected chi connectivity index (χ0v) is 19.5. The first-order valence-corrected chi connectivity index (χ1v) is 11.8. The molecule has 0 spiro atoms. The Morgan fingerprint density at radius 1 is 0.848 bits per heavy atom. The Morgan fingerprint density at radius 2 is 1.42 bits per heavy atom. The number of carbonyl (C=O) groups is 1. The maximum atomic E-state index is 12.5. The quantitative estimate of drug-likeness (QED) is 0.614. The van der Waals surface area contributed by atoms with Gasteiger partial charge < -0.3 is 15.1 Å². The molecule has 3 aromatic rings. The number of fused-ring (bicyclic) bond motifs is 3. The van der Waals surface area contributed by atoms with E-state index in [1.165, 1.54) is 22.3 Å². The van der Waals surface area contributed by atoms with E-state index in [4.69, 9.17) is 0 Å². The maximum absolute atomic E-state index is 12.5. The highest BCUT2D eigenvalue weighted by atomic mass is 16.1. The molecular formula is C28H32N4O. The second kappa shape index (κ2) is 9.38. The standard InChI is InChI=1S/C28H32N4O/c1-30(2)22-13-11-21(12-14-22)29-27(33)15-16-31-17-19-32(20-18-31)28-25-9-5-3-7-23(25)24-8-4-6-10-26(24)28/h3-14,28H,15-20H2,1-2H3,(H,29,33). The first-order chi connectivity index (χ1) is 16.1. The minimum atomic E-state index is 0.0775. The largest absolute Gasteiger partial charge is 0.378 e. The number of benzene rings is 3. The van der Waals surface area contributed by atoms with Crippen molar-refractivity contribution in [3.8, 4) is 11.1 Å². The molecule has 0 atom stereocenters. The van der Waals surface area contributed by atoms with Crippen LogP contribution < -0.4 is 10.2 Å². The van der Waals surface area contributed by atoms with Crippen molar-refractivity contribution in [3.05, 3.63) is 83.9 Å². The molecule has 3 aromatic carbocycles. The zero-order chi connectivity index (χ0) is 22.8. The van der Waals surface area contributed by atoms with Crippen LogP contribution in [0.5, 0.6) is 0 Å². The average molecular weight is 441 g/mol. The number of nitrogens with zero attached hydrogens (tertiary/aromatic N) is 3. The lowest BCUT2D eigenvalue weighted by atomic mass is 10.0. The molecule has 1 fully saturated rings. The summed E-state index contributed by atoms with van der Waals surface area (Å²) in [4.78, 5) is 19.5. The molecule has 0 aromatic heterocycles. The van der Waals surface area contributed by atoms with E-state index in [1.807, 2.05) is 43.3 Å². The van der Waals surface area contributed by atoms with E-state index in [0.717, 1.165) is 44.1 Å². The van der Waals surface area contributed by atoms with Crippen molar-refractivity contribution in [1.29, 1.82) is 0 Å². The van der Waals surface area contributed by atoms with Gasteiger partial charge in [0.25, 0.3) is 0 Å². The molecule has 170 valence electrons. The Hall–Kier alpha value is -3.15. The van der Waals surface area contributed by atoms with Gasteiger partial charge >= 0.3 is 0 Å². The SMILES string of the molecule is CN(C)c1ccc(NC(=O)CCN2CCN(C3c4ccccc4-c4ccccc43)CC2)cc1. The number of amides is 1. The van der Waals surface area contributed by atoms with Crippen LogP contribution in [0.2, 0.25) is 0 Å². The smallest absolute Gasteiger partial charge is 0.225 e. The van der Waals surface area contributed by atoms with Gasteiger partial charge in [0, 0.05) is 64.6 Å².